The first kappa shape index (κ1) is 28.0. The van der Waals surface area contributed by atoms with Crippen LogP contribution in [0.4, 0.5) is 0 Å². The van der Waals surface area contributed by atoms with E-state index in [-0.39, 0.29) is 25.9 Å². The maximum absolute atomic E-state index is 11.1. The van der Waals surface area contributed by atoms with Gasteiger partial charge in [0.15, 0.2) is 12.6 Å². The standard InChI is InChI=1S/C19H40N6O9/c1-25-5-9-17(29)19(24,30)3-10(31-9)33-15-6(21)2-7(22)16(14(15)28)34-18-11(23)13(27)12(26)8(4-20)32-18/h6-18,25-30H,2-5,20-24H2,1H3/t6-,7+,8-,9-,10-,11-,12-,13-,14-,15+,16-,17-,18-,19-/m1/s1. The van der Waals surface area contributed by atoms with Gasteiger partial charge in [-0.3, -0.25) is 0 Å². The van der Waals surface area contributed by atoms with Crippen molar-refractivity contribution in [2.45, 2.75) is 98.1 Å². The van der Waals surface area contributed by atoms with E-state index in [0.717, 1.165) is 0 Å². The van der Waals surface area contributed by atoms with Crippen LogP contribution >= 0.6 is 0 Å². The summed E-state index contributed by atoms with van der Waals surface area (Å²) < 4.78 is 23.1. The van der Waals surface area contributed by atoms with E-state index in [1.807, 2.05) is 0 Å². The zero-order valence-electron chi connectivity index (χ0n) is 19.1. The van der Waals surface area contributed by atoms with Crippen LogP contribution in [-0.2, 0) is 18.9 Å². The number of rotatable bonds is 7. The lowest BCUT2D eigenvalue weighted by atomic mass is 9.84. The van der Waals surface area contributed by atoms with Crippen molar-refractivity contribution in [3.8, 4) is 0 Å². The molecule has 16 N–H and O–H groups in total. The highest BCUT2D eigenvalue weighted by molar-refractivity contribution is 5.01. The second-order valence-corrected chi connectivity index (χ2v) is 9.39. The Labute approximate surface area is 197 Å². The highest BCUT2D eigenvalue weighted by atomic mass is 16.7. The molecule has 0 radical (unpaired) electrons. The van der Waals surface area contributed by atoms with E-state index in [9.17, 15) is 25.5 Å². The van der Waals surface area contributed by atoms with Crippen LogP contribution in [0.1, 0.15) is 12.8 Å². The van der Waals surface area contributed by atoms with Crippen LogP contribution in [-0.4, -0.2) is 131 Å². The summed E-state index contributed by atoms with van der Waals surface area (Å²) in [5, 5.41) is 54.8. The zero-order valence-corrected chi connectivity index (χ0v) is 19.1. The van der Waals surface area contributed by atoms with E-state index < -0.39 is 85.3 Å². The highest BCUT2D eigenvalue weighted by Gasteiger charge is 2.51. The number of nitrogens with two attached hydrogens (primary N) is 5. The smallest absolute Gasteiger partial charge is 0.176 e. The van der Waals surface area contributed by atoms with E-state index in [0.29, 0.717) is 0 Å². The highest BCUT2D eigenvalue weighted by Crippen LogP contribution is 2.32. The topological polar surface area (TPSA) is 280 Å². The molecular formula is C19H40N6O9. The van der Waals surface area contributed by atoms with Gasteiger partial charge in [0.2, 0.25) is 0 Å². The van der Waals surface area contributed by atoms with Crippen molar-refractivity contribution < 1.29 is 44.5 Å². The Hall–Kier alpha value is -0.600. The Balaban J connectivity index is 1.71. The van der Waals surface area contributed by atoms with Gasteiger partial charge in [0.05, 0.1) is 6.04 Å². The Morgan fingerprint density at radius 3 is 2.15 bits per heavy atom. The molecule has 0 unspecified atom stereocenters. The van der Waals surface area contributed by atoms with Crippen LogP contribution in [0.2, 0.25) is 0 Å². The molecule has 0 aromatic carbocycles. The summed E-state index contributed by atoms with van der Waals surface area (Å²) in [4.78, 5) is 0. The van der Waals surface area contributed by atoms with E-state index in [4.69, 9.17) is 47.6 Å². The van der Waals surface area contributed by atoms with Gasteiger partial charge in [-0.25, -0.2) is 0 Å². The van der Waals surface area contributed by atoms with Gasteiger partial charge in [-0.1, -0.05) is 0 Å². The molecule has 2 aliphatic heterocycles. The van der Waals surface area contributed by atoms with Crippen LogP contribution in [0.5, 0.6) is 0 Å². The molecule has 14 atom stereocenters. The lowest BCUT2D eigenvalue weighted by Gasteiger charge is -2.48. The molecule has 15 nitrogen and oxygen atoms in total. The van der Waals surface area contributed by atoms with Crippen molar-refractivity contribution in [3.63, 3.8) is 0 Å². The quantitative estimate of drug-likeness (QED) is 0.146. The van der Waals surface area contributed by atoms with E-state index in [2.05, 4.69) is 5.32 Å². The zero-order chi connectivity index (χ0) is 25.4. The number of nitrogens with one attached hydrogen (secondary N) is 1. The molecule has 200 valence electrons. The molecule has 34 heavy (non-hydrogen) atoms. The Morgan fingerprint density at radius 1 is 0.941 bits per heavy atom. The fraction of sp³-hybridized carbons (Fsp3) is 1.00. The van der Waals surface area contributed by atoms with Crippen molar-refractivity contribution >= 4 is 0 Å². The van der Waals surface area contributed by atoms with Crippen molar-refractivity contribution in [2.24, 2.45) is 28.7 Å². The summed E-state index contributed by atoms with van der Waals surface area (Å²) in [7, 11) is 1.64. The molecule has 3 aliphatic rings. The number of ether oxygens (including phenoxy) is 4. The van der Waals surface area contributed by atoms with Gasteiger partial charge in [-0.2, -0.15) is 0 Å². The van der Waals surface area contributed by atoms with Crippen molar-refractivity contribution in [1.82, 2.24) is 5.32 Å². The number of hydrogen-bond acceptors (Lipinski definition) is 15. The third-order valence-electron chi connectivity index (χ3n) is 6.73. The molecule has 3 fully saturated rings. The molecule has 0 amide bonds. The monoisotopic (exact) mass is 496 g/mol. The predicted octanol–water partition coefficient (Wildman–Crippen LogP) is -6.75. The average molecular weight is 497 g/mol. The molecule has 15 heteroatoms. The van der Waals surface area contributed by atoms with Crippen LogP contribution in [0.3, 0.4) is 0 Å². The van der Waals surface area contributed by atoms with Crippen LogP contribution in [0.15, 0.2) is 0 Å². The van der Waals surface area contributed by atoms with Crippen molar-refractivity contribution in [3.05, 3.63) is 0 Å². The Morgan fingerprint density at radius 2 is 1.56 bits per heavy atom. The number of aliphatic hydroxyl groups excluding tert-OH is 4. The average Bonchev–Trinajstić information content (AvgIpc) is 2.77. The molecule has 0 spiro atoms. The van der Waals surface area contributed by atoms with E-state index >= 15 is 0 Å². The lowest BCUT2D eigenvalue weighted by molar-refractivity contribution is -0.316. The maximum Gasteiger partial charge on any atom is 0.176 e. The summed E-state index contributed by atoms with van der Waals surface area (Å²) in [6.45, 7) is 0.0885. The van der Waals surface area contributed by atoms with Gasteiger partial charge in [0, 0.05) is 31.6 Å². The Bertz CT molecular complexity index is 664. The maximum atomic E-state index is 11.1. The molecule has 1 saturated carbocycles. The summed E-state index contributed by atoms with van der Waals surface area (Å²) in [6.07, 6.45) is -11.7. The first-order valence-electron chi connectivity index (χ1n) is 11.4. The minimum Gasteiger partial charge on any atom is -0.388 e. The van der Waals surface area contributed by atoms with Crippen molar-refractivity contribution in [1.29, 1.82) is 0 Å². The number of likely N-dealkylation sites (N-methyl/N-ethyl adjacent to an activating group) is 1. The van der Waals surface area contributed by atoms with E-state index in [1.54, 1.807) is 7.05 Å². The van der Waals surface area contributed by atoms with Gasteiger partial charge in [-0.15, -0.1) is 0 Å². The Kier molecular flexibility index (Phi) is 9.22. The first-order chi connectivity index (χ1) is 15.9. The molecule has 0 aromatic rings. The van der Waals surface area contributed by atoms with Crippen molar-refractivity contribution in [2.75, 3.05) is 20.1 Å². The van der Waals surface area contributed by atoms with Gasteiger partial charge < -0.3 is 78.5 Å². The van der Waals surface area contributed by atoms with Gasteiger partial charge in [0.1, 0.15) is 54.6 Å². The summed E-state index contributed by atoms with van der Waals surface area (Å²) in [6, 6.07) is -2.59. The van der Waals surface area contributed by atoms with Gasteiger partial charge in [-0.05, 0) is 13.5 Å². The molecule has 3 rings (SSSR count). The fourth-order valence-corrected chi connectivity index (χ4v) is 4.71. The van der Waals surface area contributed by atoms with Crippen LogP contribution in [0.25, 0.3) is 0 Å². The minimum absolute atomic E-state index is 0.0959. The van der Waals surface area contributed by atoms with E-state index in [1.165, 1.54) is 0 Å². The summed E-state index contributed by atoms with van der Waals surface area (Å²) >= 11 is 0. The molecule has 0 aromatic heterocycles. The number of hydrogen-bond donors (Lipinski definition) is 11. The summed E-state index contributed by atoms with van der Waals surface area (Å²) in [5.74, 6) is 0. The third-order valence-corrected chi connectivity index (χ3v) is 6.73. The van der Waals surface area contributed by atoms with Crippen LogP contribution < -0.4 is 34.0 Å². The second kappa shape index (κ2) is 11.2. The fourth-order valence-electron chi connectivity index (χ4n) is 4.71. The number of aliphatic hydroxyl groups is 5. The minimum atomic E-state index is -1.99. The third kappa shape index (κ3) is 5.69. The molecule has 2 saturated heterocycles. The largest absolute Gasteiger partial charge is 0.388 e. The second-order valence-electron chi connectivity index (χ2n) is 9.39. The predicted molar refractivity (Wildman–Crippen MR) is 116 cm³/mol. The van der Waals surface area contributed by atoms with Crippen LogP contribution in [0, 0.1) is 0 Å². The molecular weight excluding hydrogens is 456 g/mol. The summed E-state index contributed by atoms with van der Waals surface area (Å²) in [5.41, 5.74) is 27.8. The lowest BCUT2D eigenvalue weighted by Crippen LogP contribution is -2.69. The first-order valence-corrected chi connectivity index (χ1v) is 11.4. The van der Waals surface area contributed by atoms with Gasteiger partial charge >= 0.3 is 0 Å². The van der Waals surface area contributed by atoms with Gasteiger partial charge in [0.25, 0.3) is 0 Å². The SMILES string of the molecule is CNC[C@H]1O[C@H](O[C@@H]2[C@@H](O)[C@H](O[C@H]3O[C@H](CN)[C@@H](O)[C@H](O)[C@H]3N)[C@@H](N)C[C@H]2N)C[C@@](N)(O)[C@@H]1O. The molecule has 1 aliphatic carbocycles. The normalized spacial score (nSPS) is 52.5. The molecule has 0 bridgehead atoms. The molecule has 2 heterocycles.